The van der Waals surface area contributed by atoms with Crippen LogP contribution in [0.1, 0.15) is 27.2 Å². The summed E-state index contributed by atoms with van der Waals surface area (Å²) in [6.07, 6.45) is 0. The highest BCUT2D eigenvalue weighted by atomic mass is 16.2. The fraction of sp³-hybridized carbons (Fsp3) is 0.138. The lowest BCUT2D eigenvalue weighted by Gasteiger charge is -2.11. The van der Waals surface area contributed by atoms with Crippen molar-refractivity contribution in [3.05, 3.63) is 112 Å². The summed E-state index contributed by atoms with van der Waals surface area (Å²) < 4.78 is 3.30. The van der Waals surface area contributed by atoms with E-state index in [-0.39, 0.29) is 17.2 Å². The van der Waals surface area contributed by atoms with Crippen molar-refractivity contribution in [2.24, 2.45) is 7.05 Å². The van der Waals surface area contributed by atoms with E-state index in [1.54, 1.807) is 22.5 Å². The molecule has 0 aliphatic carbocycles. The number of fused-ring (bicyclic) bond motifs is 1. The number of anilines is 1. The van der Waals surface area contributed by atoms with Crippen LogP contribution in [0, 0.1) is 20.8 Å². The maximum atomic E-state index is 13.6. The molecule has 0 saturated heterocycles. The minimum Gasteiger partial charge on any atom is -0.316 e. The number of amides is 1. The summed E-state index contributed by atoms with van der Waals surface area (Å²) in [5.74, 6) is -0.348. The number of rotatable bonds is 4. The zero-order valence-electron chi connectivity index (χ0n) is 20.2. The molecule has 5 rings (SSSR count). The molecule has 1 amide bonds. The number of carbonyl (C=O) groups excluding carboxylic acids is 1. The molecular weight excluding hydrogens is 436 g/mol. The van der Waals surface area contributed by atoms with Crippen LogP contribution in [-0.4, -0.2) is 20.3 Å². The fourth-order valence-corrected chi connectivity index (χ4v) is 4.31. The summed E-state index contributed by atoms with van der Waals surface area (Å²) in [6.45, 7) is 5.95. The SMILES string of the molecule is Cc1ccc(-c2cc(C(=O)Nc3c(C)n(C)n(-c4ccccc4)c3=O)c3ccccc3n2)cc1C. The molecule has 0 saturated carbocycles. The predicted octanol–water partition coefficient (Wildman–Crippen LogP) is 5.57. The van der Waals surface area contributed by atoms with Gasteiger partial charge in [-0.1, -0.05) is 48.5 Å². The molecule has 2 aromatic heterocycles. The van der Waals surface area contributed by atoms with Crippen molar-refractivity contribution in [1.82, 2.24) is 14.3 Å². The van der Waals surface area contributed by atoms with Gasteiger partial charge in [-0.3, -0.25) is 14.3 Å². The fourth-order valence-electron chi connectivity index (χ4n) is 4.31. The third-order valence-corrected chi connectivity index (χ3v) is 6.56. The first-order chi connectivity index (χ1) is 16.8. The van der Waals surface area contributed by atoms with Gasteiger partial charge in [-0.25, -0.2) is 9.67 Å². The second kappa shape index (κ2) is 8.72. The van der Waals surface area contributed by atoms with Gasteiger partial charge in [0.2, 0.25) is 0 Å². The van der Waals surface area contributed by atoms with Gasteiger partial charge >= 0.3 is 0 Å². The smallest absolute Gasteiger partial charge is 0.295 e. The van der Waals surface area contributed by atoms with E-state index < -0.39 is 0 Å². The molecule has 6 nitrogen and oxygen atoms in total. The first-order valence-corrected chi connectivity index (χ1v) is 11.5. The lowest BCUT2D eigenvalue weighted by atomic mass is 10.0. The Labute approximate surface area is 203 Å². The number of nitrogens with zero attached hydrogens (tertiary/aromatic N) is 3. The molecule has 0 radical (unpaired) electrons. The molecule has 0 unspecified atom stereocenters. The monoisotopic (exact) mass is 462 g/mol. The van der Waals surface area contributed by atoms with Gasteiger partial charge in [0.05, 0.1) is 28.2 Å². The number of pyridine rings is 1. The largest absolute Gasteiger partial charge is 0.316 e. The van der Waals surface area contributed by atoms with E-state index in [9.17, 15) is 9.59 Å². The van der Waals surface area contributed by atoms with Crippen molar-refractivity contribution in [2.45, 2.75) is 20.8 Å². The number of hydrogen-bond acceptors (Lipinski definition) is 3. The van der Waals surface area contributed by atoms with Crippen LogP contribution < -0.4 is 10.9 Å². The number of aryl methyl sites for hydroxylation is 2. The van der Waals surface area contributed by atoms with Crippen LogP contribution in [0.15, 0.2) is 83.7 Å². The Morgan fingerprint density at radius 3 is 2.31 bits per heavy atom. The van der Waals surface area contributed by atoms with Crippen molar-refractivity contribution < 1.29 is 4.79 Å². The van der Waals surface area contributed by atoms with E-state index in [2.05, 4.69) is 31.3 Å². The topological polar surface area (TPSA) is 68.9 Å². The van der Waals surface area contributed by atoms with Crippen LogP contribution in [0.5, 0.6) is 0 Å². The van der Waals surface area contributed by atoms with E-state index in [1.807, 2.05) is 67.6 Å². The van der Waals surface area contributed by atoms with Gasteiger partial charge < -0.3 is 5.32 Å². The second-order valence-corrected chi connectivity index (χ2v) is 8.76. The molecule has 6 heteroatoms. The molecule has 2 heterocycles. The molecule has 174 valence electrons. The standard InChI is InChI=1S/C29H26N4O2/c1-18-14-15-21(16-19(18)2)26-17-24(23-12-8-9-13-25(23)30-26)28(34)31-27-20(3)32(4)33(29(27)35)22-10-6-5-7-11-22/h5-17H,1-4H3,(H,31,34). The molecule has 0 spiro atoms. The third kappa shape index (κ3) is 3.93. The Morgan fingerprint density at radius 1 is 0.857 bits per heavy atom. The van der Waals surface area contributed by atoms with Crippen LogP contribution in [0.4, 0.5) is 5.69 Å². The first kappa shape index (κ1) is 22.3. The van der Waals surface area contributed by atoms with Crippen LogP contribution in [0.25, 0.3) is 27.8 Å². The summed E-state index contributed by atoms with van der Waals surface area (Å²) >= 11 is 0. The van der Waals surface area contributed by atoms with Crippen LogP contribution in [0.2, 0.25) is 0 Å². The number of para-hydroxylation sites is 2. The maximum absolute atomic E-state index is 13.6. The van der Waals surface area contributed by atoms with Crippen molar-refractivity contribution in [3.63, 3.8) is 0 Å². The minimum atomic E-state index is -0.348. The van der Waals surface area contributed by atoms with Gasteiger partial charge in [0.15, 0.2) is 0 Å². The molecule has 0 bridgehead atoms. The van der Waals surface area contributed by atoms with Gasteiger partial charge in [-0.15, -0.1) is 0 Å². The predicted molar refractivity (Wildman–Crippen MR) is 140 cm³/mol. The van der Waals surface area contributed by atoms with Crippen molar-refractivity contribution in [2.75, 3.05) is 5.32 Å². The molecule has 5 aromatic rings. The third-order valence-electron chi connectivity index (χ3n) is 6.56. The Balaban J connectivity index is 1.61. The van der Waals surface area contributed by atoms with Gasteiger partial charge in [-0.05, 0) is 62.2 Å². The summed E-state index contributed by atoms with van der Waals surface area (Å²) in [4.78, 5) is 31.7. The zero-order valence-corrected chi connectivity index (χ0v) is 20.2. The van der Waals surface area contributed by atoms with E-state index in [1.165, 1.54) is 5.56 Å². The Hall–Kier alpha value is -4.45. The quantitative estimate of drug-likeness (QED) is 0.380. The Bertz CT molecular complexity index is 1650. The summed E-state index contributed by atoms with van der Waals surface area (Å²) in [6, 6.07) is 24.9. The Morgan fingerprint density at radius 2 is 1.57 bits per heavy atom. The molecule has 0 aliphatic heterocycles. The minimum absolute atomic E-state index is 0.259. The van der Waals surface area contributed by atoms with Crippen LogP contribution in [0.3, 0.4) is 0 Å². The average Bonchev–Trinajstić information content (AvgIpc) is 3.08. The molecular formula is C29H26N4O2. The van der Waals surface area contributed by atoms with Crippen molar-refractivity contribution in [1.29, 1.82) is 0 Å². The second-order valence-electron chi connectivity index (χ2n) is 8.76. The van der Waals surface area contributed by atoms with E-state index >= 15 is 0 Å². The van der Waals surface area contributed by atoms with Crippen LogP contribution in [-0.2, 0) is 7.05 Å². The lowest BCUT2D eigenvalue weighted by Crippen LogP contribution is -2.23. The highest BCUT2D eigenvalue weighted by molar-refractivity contribution is 6.13. The summed E-state index contributed by atoms with van der Waals surface area (Å²) in [7, 11) is 1.80. The van der Waals surface area contributed by atoms with Crippen molar-refractivity contribution >= 4 is 22.5 Å². The van der Waals surface area contributed by atoms with E-state index in [0.717, 1.165) is 27.7 Å². The number of carbonyl (C=O) groups is 1. The molecule has 3 aromatic carbocycles. The summed E-state index contributed by atoms with van der Waals surface area (Å²) in [5.41, 5.74) is 6.57. The maximum Gasteiger partial charge on any atom is 0.295 e. The lowest BCUT2D eigenvalue weighted by molar-refractivity contribution is 0.102. The first-order valence-electron chi connectivity index (χ1n) is 11.5. The summed E-state index contributed by atoms with van der Waals surface area (Å²) in [5, 5.41) is 3.63. The normalized spacial score (nSPS) is 11.1. The number of hydrogen-bond donors (Lipinski definition) is 1. The molecule has 1 N–H and O–H groups in total. The Kier molecular flexibility index (Phi) is 5.57. The van der Waals surface area contributed by atoms with Gasteiger partial charge in [0, 0.05) is 18.0 Å². The highest BCUT2D eigenvalue weighted by Crippen LogP contribution is 2.27. The van der Waals surface area contributed by atoms with Gasteiger partial charge in [0.1, 0.15) is 5.69 Å². The molecule has 35 heavy (non-hydrogen) atoms. The van der Waals surface area contributed by atoms with E-state index in [4.69, 9.17) is 4.98 Å². The van der Waals surface area contributed by atoms with E-state index in [0.29, 0.717) is 17.0 Å². The van der Waals surface area contributed by atoms with Crippen molar-refractivity contribution in [3.8, 4) is 16.9 Å². The number of nitrogens with one attached hydrogen (secondary N) is 1. The average molecular weight is 463 g/mol. The van der Waals surface area contributed by atoms with Gasteiger partial charge in [-0.2, -0.15) is 0 Å². The van der Waals surface area contributed by atoms with Crippen LogP contribution >= 0.6 is 0 Å². The molecule has 0 atom stereocenters. The molecule has 0 fully saturated rings. The number of benzene rings is 3. The number of aromatic nitrogens is 3. The molecule has 0 aliphatic rings. The zero-order chi connectivity index (χ0) is 24.7. The highest BCUT2D eigenvalue weighted by Gasteiger charge is 2.21. The van der Waals surface area contributed by atoms with Gasteiger partial charge in [0.25, 0.3) is 11.5 Å².